The van der Waals surface area contributed by atoms with Crippen molar-refractivity contribution in [3.8, 4) is 11.1 Å². The molecule has 0 amide bonds. The van der Waals surface area contributed by atoms with E-state index in [1.807, 2.05) is 0 Å². The van der Waals surface area contributed by atoms with Crippen molar-refractivity contribution in [1.29, 1.82) is 0 Å². The van der Waals surface area contributed by atoms with E-state index in [9.17, 15) is 18.0 Å². The lowest BCUT2D eigenvalue weighted by atomic mass is 9.97. The van der Waals surface area contributed by atoms with Gasteiger partial charge in [0.1, 0.15) is 5.82 Å². The molecular formula is C17H13F3O2. The standard InChI is InChI=1S/C17H13F3O2/c1-22-16(21)13-7-6-12(18)8-14(13)10-2-4-11(5-3-10)15-9-17(15,19)20/h2-8,15H,9H2,1H3. The van der Waals surface area contributed by atoms with Crippen LogP contribution in [0.5, 0.6) is 0 Å². The molecule has 1 unspecified atom stereocenters. The van der Waals surface area contributed by atoms with E-state index in [-0.39, 0.29) is 12.0 Å². The second-order valence-electron chi connectivity index (χ2n) is 5.32. The average molecular weight is 306 g/mol. The summed E-state index contributed by atoms with van der Waals surface area (Å²) in [7, 11) is 1.24. The minimum Gasteiger partial charge on any atom is -0.465 e. The van der Waals surface area contributed by atoms with Crippen LogP contribution < -0.4 is 0 Å². The summed E-state index contributed by atoms with van der Waals surface area (Å²) in [5.41, 5.74) is 1.73. The number of halogens is 3. The van der Waals surface area contributed by atoms with Gasteiger partial charge in [-0.15, -0.1) is 0 Å². The zero-order valence-corrected chi connectivity index (χ0v) is 11.8. The molecule has 1 saturated carbocycles. The maximum Gasteiger partial charge on any atom is 0.338 e. The number of benzene rings is 2. The van der Waals surface area contributed by atoms with Crippen LogP contribution in [0.15, 0.2) is 42.5 Å². The van der Waals surface area contributed by atoms with Crippen LogP contribution in [0.2, 0.25) is 0 Å². The highest BCUT2D eigenvalue weighted by Crippen LogP contribution is 2.55. The molecule has 2 aromatic rings. The zero-order chi connectivity index (χ0) is 15.9. The number of esters is 1. The Balaban J connectivity index is 1.97. The molecule has 0 spiro atoms. The minimum atomic E-state index is -2.63. The first-order valence-electron chi connectivity index (χ1n) is 6.78. The van der Waals surface area contributed by atoms with E-state index in [1.54, 1.807) is 24.3 Å². The summed E-state index contributed by atoms with van der Waals surface area (Å²) in [6.07, 6.45) is -0.139. The van der Waals surface area contributed by atoms with Crippen LogP contribution in [0.25, 0.3) is 11.1 Å². The third kappa shape index (κ3) is 2.58. The number of carbonyl (C=O) groups is 1. The maximum absolute atomic E-state index is 13.5. The predicted molar refractivity (Wildman–Crippen MR) is 75.5 cm³/mol. The van der Waals surface area contributed by atoms with Crippen LogP contribution in [-0.4, -0.2) is 19.0 Å². The number of rotatable bonds is 3. The van der Waals surface area contributed by atoms with Crippen molar-refractivity contribution in [1.82, 2.24) is 0 Å². The lowest BCUT2D eigenvalue weighted by Gasteiger charge is -2.09. The van der Waals surface area contributed by atoms with Gasteiger partial charge < -0.3 is 4.74 Å². The van der Waals surface area contributed by atoms with Gasteiger partial charge in [-0.25, -0.2) is 18.0 Å². The lowest BCUT2D eigenvalue weighted by Crippen LogP contribution is -2.04. The Hall–Kier alpha value is -2.30. The molecule has 2 nitrogen and oxygen atoms in total. The maximum atomic E-state index is 13.5. The van der Waals surface area contributed by atoms with Crippen molar-refractivity contribution in [3.63, 3.8) is 0 Å². The third-order valence-corrected chi connectivity index (χ3v) is 3.84. The molecule has 114 valence electrons. The number of ether oxygens (including phenoxy) is 1. The zero-order valence-electron chi connectivity index (χ0n) is 11.8. The van der Waals surface area contributed by atoms with Crippen molar-refractivity contribution in [2.45, 2.75) is 18.3 Å². The lowest BCUT2D eigenvalue weighted by molar-refractivity contribution is 0.0601. The Morgan fingerprint density at radius 3 is 2.36 bits per heavy atom. The Bertz CT molecular complexity index is 723. The van der Waals surface area contributed by atoms with E-state index in [1.165, 1.54) is 25.3 Å². The van der Waals surface area contributed by atoms with Crippen molar-refractivity contribution in [2.75, 3.05) is 7.11 Å². The fourth-order valence-electron chi connectivity index (χ4n) is 2.51. The number of methoxy groups -OCH3 is 1. The molecule has 0 radical (unpaired) electrons. The summed E-state index contributed by atoms with van der Waals surface area (Å²) in [5, 5.41) is 0. The highest BCUT2D eigenvalue weighted by molar-refractivity contribution is 5.97. The highest BCUT2D eigenvalue weighted by Gasteiger charge is 2.57. The van der Waals surface area contributed by atoms with Gasteiger partial charge in [0.15, 0.2) is 0 Å². The second-order valence-corrected chi connectivity index (χ2v) is 5.32. The fraction of sp³-hybridized carbons (Fsp3) is 0.235. The topological polar surface area (TPSA) is 26.3 Å². The van der Waals surface area contributed by atoms with Crippen LogP contribution >= 0.6 is 0 Å². The van der Waals surface area contributed by atoms with Crippen LogP contribution in [0.1, 0.15) is 28.3 Å². The number of hydrogen-bond acceptors (Lipinski definition) is 2. The molecule has 0 aromatic heterocycles. The summed E-state index contributed by atoms with van der Waals surface area (Å²) in [6, 6.07) is 10.2. The SMILES string of the molecule is COC(=O)c1ccc(F)cc1-c1ccc(C2CC2(F)F)cc1. The molecule has 0 saturated heterocycles. The normalized spacial score (nSPS) is 18.8. The van der Waals surface area contributed by atoms with Gasteiger partial charge in [0.2, 0.25) is 0 Å². The molecule has 1 aliphatic carbocycles. The molecular weight excluding hydrogens is 293 g/mol. The molecule has 0 heterocycles. The molecule has 0 aliphatic heterocycles. The molecule has 22 heavy (non-hydrogen) atoms. The summed E-state index contributed by atoms with van der Waals surface area (Å²) < 4.78 is 44.3. The third-order valence-electron chi connectivity index (χ3n) is 3.84. The average Bonchev–Trinajstić information content (AvgIpc) is 3.15. The van der Waals surface area contributed by atoms with Crippen molar-refractivity contribution in [3.05, 3.63) is 59.4 Å². The molecule has 0 N–H and O–H groups in total. The van der Waals surface area contributed by atoms with Gasteiger partial charge in [-0.2, -0.15) is 0 Å². The van der Waals surface area contributed by atoms with Crippen LogP contribution in [-0.2, 0) is 4.74 Å². The highest BCUT2D eigenvalue weighted by atomic mass is 19.3. The van der Waals surface area contributed by atoms with Gasteiger partial charge in [-0.1, -0.05) is 24.3 Å². The summed E-state index contributed by atoms with van der Waals surface area (Å²) >= 11 is 0. The largest absolute Gasteiger partial charge is 0.465 e. The predicted octanol–water partition coefficient (Wildman–Crippen LogP) is 4.40. The first-order chi connectivity index (χ1) is 10.4. The molecule has 5 heteroatoms. The molecule has 2 aromatic carbocycles. The second kappa shape index (κ2) is 5.16. The summed E-state index contributed by atoms with van der Waals surface area (Å²) in [6.45, 7) is 0. The Morgan fingerprint density at radius 1 is 1.18 bits per heavy atom. The van der Waals surface area contributed by atoms with Gasteiger partial charge >= 0.3 is 5.97 Å². The van der Waals surface area contributed by atoms with Gasteiger partial charge in [0.25, 0.3) is 5.92 Å². The molecule has 3 rings (SSSR count). The smallest absolute Gasteiger partial charge is 0.338 e. The summed E-state index contributed by atoms with van der Waals surface area (Å²) in [4.78, 5) is 11.7. The fourth-order valence-corrected chi connectivity index (χ4v) is 2.51. The first-order valence-corrected chi connectivity index (χ1v) is 6.78. The summed E-state index contributed by atoms with van der Waals surface area (Å²) in [5.74, 6) is -4.43. The van der Waals surface area contributed by atoms with Gasteiger partial charge in [0.05, 0.1) is 18.6 Å². The molecule has 1 atom stereocenters. The Kier molecular flexibility index (Phi) is 3.43. The van der Waals surface area contributed by atoms with Gasteiger partial charge in [-0.3, -0.25) is 0 Å². The van der Waals surface area contributed by atoms with Gasteiger partial charge in [-0.05, 0) is 34.9 Å². The number of carbonyl (C=O) groups excluding carboxylic acids is 1. The first kappa shape index (κ1) is 14.6. The number of alkyl halides is 2. The Morgan fingerprint density at radius 2 is 1.82 bits per heavy atom. The minimum absolute atomic E-state index is 0.139. The van der Waals surface area contributed by atoms with Gasteiger partial charge in [0, 0.05) is 6.42 Å². The van der Waals surface area contributed by atoms with E-state index in [4.69, 9.17) is 0 Å². The van der Waals surface area contributed by atoms with E-state index < -0.39 is 23.6 Å². The van der Waals surface area contributed by atoms with Crippen LogP contribution in [0, 0.1) is 5.82 Å². The van der Waals surface area contributed by atoms with Crippen molar-refractivity contribution >= 4 is 5.97 Å². The molecule has 0 bridgehead atoms. The van der Waals surface area contributed by atoms with E-state index in [0.29, 0.717) is 16.7 Å². The van der Waals surface area contributed by atoms with E-state index in [0.717, 1.165) is 0 Å². The Labute approximate surface area is 125 Å². The van der Waals surface area contributed by atoms with Crippen molar-refractivity contribution < 1.29 is 22.7 Å². The monoisotopic (exact) mass is 306 g/mol. The molecule has 1 fully saturated rings. The van der Waals surface area contributed by atoms with Crippen LogP contribution in [0.3, 0.4) is 0 Å². The van der Waals surface area contributed by atoms with Crippen LogP contribution in [0.4, 0.5) is 13.2 Å². The van der Waals surface area contributed by atoms with Crippen molar-refractivity contribution in [2.24, 2.45) is 0 Å². The van der Waals surface area contributed by atoms with E-state index >= 15 is 0 Å². The molecule has 1 aliphatic rings. The van der Waals surface area contributed by atoms with E-state index in [2.05, 4.69) is 4.74 Å². The quantitative estimate of drug-likeness (QED) is 0.786. The number of hydrogen-bond donors (Lipinski definition) is 0.